The van der Waals surface area contributed by atoms with Crippen molar-refractivity contribution in [3.05, 3.63) is 0 Å². The molecule has 1 fully saturated rings. The van der Waals surface area contributed by atoms with Crippen LogP contribution in [0.1, 0.15) is 40.0 Å². The molecule has 0 spiro atoms. The van der Waals surface area contributed by atoms with E-state index in [0.717, 1.165) is 5.92 Å². The van der Waals surface area contributed by atoms with E-state index in [1.807, 2.05) is 0 Å². The van der Waals surface area contributed by atoms with Crippen LogP contribution in [0.2, 0.25) is 0 Å². The molecule has 0 aromatic heterocycles. The Bertz CT molecular complexity index is 105. The van der Waals surface area contributed by atoms with Gasteiger partial charge >= 0.3 is 0 Å². The Labute approximate surface area is 75.1 Å². The van der Waals surface area contributed by atoms with Crippen molar-refractivity contribution in [2.45, 2.75) is 40.0 Å². The first-order valence-electron chi connectivity index (χ1n) is 4.68. The molecule has 0 aliphatic carbocycles. The maximum Gasteiger partial charge on any atom is -0.00647 e. The van der Waals surface area contributed by atoms with E-state index < -0.39 is 0 Å². The Morgan fingerprint density at radius 1 is 1.09 bits per heavy atom. The summed E-state index contributed by atoms with van der Waals surface area (Å²) in [5.41, 5.74) is 0.547. The fraction of sp³-hybridized carbons (Fsp3) is 1.00. The van der Waals surface area contributed by atoms with E-state index in [4.69, 9.17) is 0 Å². The van der Waals surface area contributed by atoms with Crippen molar-refractivity contribution in [2.24, 2.45) is 11.3 Å². The summed E-state index contributed by atoms with van der Waals surface area (Å²) in [4.78, 5) is 0. The average molecular weight is 172 g/mol. The average Bonchev–Trinajstić information content (AvgIpc) is 2.10. The van der Waals surface area contributed by atoms with Crippen LogP contribution in [-0.4, -0.2) is 11.5 Å². The fourth-order valence-corrected chi connectivity index (χ4v) is 2.80. The monoisotopic (exact) mass is 172 g/mol. The van der Waals surface area contributed by atoms with Crippen molar-refractivity contribution >= 4 is 11.8 Å². The van der Waals surface area contributed by atoms with E-state index in [1.165, 1.54) is 30.8 Å². The lowest BCUT2D eigenvalue weighted by atomic mass is 9.77. The van der Waals surface area contributed by atoms with Crippen LogP contribution in [0.25, 0.3) is 0 Å². The second-order valence-electron chi connectivity index (χ2n) is 4.61. The molecular formula is C10H20S. The molecule has 0 bridgehead atoms. The van der Waals surface area contributed by atoms with Crippen LogP contribution in [0, 0.1) is 11.3 Å². The Hall–Kier alpha value is 0.350. The topological polar surface area (TPSA) is 0 Å². The minimum Gasteiger partial charge on any atom is -0.162 e. The minimum atomic E-state index is 0.547. The maximum atomic E-state index is 2.38. The van der Waals surface area contributed by atoms with E-state index in [1.54, 1.807) is 0 Å². The smallest absolute Gasteiger partial charge is 0.00647 e. The molecule has 0 aromatic rings. The Kier molecular flexibility index (Phi) is 3.29. The highest BCUT2D eigenvalue weighted by Gasteiger charge is 2.24. The highest BCUT2D eigenvalue weighted by atomic mass is 32.2. The highest BCUT2D eigenvalue weighted by Crippen LogP contribution is 2.35. The summed E-state index contributed by atoms with van der Waals surface area (Å²) >= 11 is 2.14. The van der Waals surface area contributed by atoms with Gasteiger partial charge in [0.05, 0.1) is 0 Å². The molecule has 1 saturated heterocycles. The van der Waals surface area contributed by atoms with Crippen molar-refractivity contribution in [1.29, 1.82) is 0 Å². The highest BCUT2D eigenvalue weighted by molar-refractivity contribution is 7.99. The second-order valence-corrected chi connectivity index (χ2v) is 5.83. The van der Waals surface area contributed by atoms with Gasteiger partial charge in [0, 0.05) is 0 Å². The second kappa shape index (κ2) is 3.84. The van der Waals surface area contributed by atoms with Crippen molar-refractivity contribution < 1.29 is 0 Å². The Morgan fingerprint density at radius 3 is 2.45 bits per heavy atom. The van der Waals surface area contributed by atoms with Crippen LogP contribution < -0.4 is 0 Å². The van der Waals surface area contributed by atoms with Gasteiger partial charge in [-0.1, -0.05) is 20.8 Å². The first-order chi connectivity index (χ1) is 5.11. The lowest BCUT2D eigenvalue weighted by Gasteiger charge is -2.29. The summed E-state index contributed by atoms with van der Waals surface area (Å²) in [6.07, 6.45) is 4.33. The first-order valence-corrected chi connectivity index (χ1v) is 5.84. The van der Waals surface area contributed by atoms with Crippen LogP contribution in [0.15, 0.2) is 0 Å². The summed E-state index contributed by atoms with van der Waals surface area (Å²) in [7, 11) is 0. The lowest BCUT2D eigenvalue weighted by Crippen LogP contribution is -2.20. The molecule has 1 unspecified atom stereocenters. The molecule has 1 rings (SSSR count). The molecule has 0 aromatic carbocycles. The number of thioether (sulfide) groups is 1. The van der Waals surface area contributed by atoms with Gasteiger partial charge in [-0.2, -0.15) is 11.8 Å². The minimum absolute atomic E-state index is 0.547. The zero-order valence-electron chi connectivity index (χ0n) is 8.02. The summed E-state index contributed by atoms with van der Waals surface area (Å²) in [6, 6.07) is 0. The predicted octanol–water partition coefficient (Wildman–Crippen LogP) is 3.57. The molecule has 0 nitrogen and oxygen atoms in total. The fourth-order valence-electron chi connectivity index (χ4n) is 1.77. The first kappa shape index (κ1) is 9.44. The largest absolute Gasteiger partial charge is 0.162 e. The molecular weight excluding hydrogens is 152 g/mol. The van der Waals surface area contributed by atoms with Gasteiger partial charge in [-0.3, -0.25) is 0 Å². The van der Waals surface area contributed by atoms with Gasteiger partial charge < -0.3 is 0 Å². The van der Waals surface area contributed by atoms with Crippen molar-refractivity contribution in [2.75, 3.05) is 11.5 Å². The summed E-state index contributed by atoms with van der Waals surface area (Å²) in [5.74, 6) is 3.76. The molecule has 0 radical (unpaired) electrons. The van der Waals surface area contributed by atoms with Gasteiger partial charge in [-0.15, -0.1) is 0 Å². The summed E-state index contributed by atoms with van der Waals surface area (Å²) in [5, 5.41) is 0. The number of hydrogen-bond acceptors (Lipinski definition) is 1. The van der Waals surface area contributed by atoms with E-state index in [-0.39, 0.29) is 0 Å². The number of hydrogen-bond donors (Lipinski definition) is 0. The molecule has 0 N–H and O–H groups in total. The van der Waals surface area contributed by atoms with Gasteiger partial charge in [-0.25, -0.2) is 0 Å². The van der Waals surface area contributed by atoms with Gasteiger partial charge in [0.25, 0.3) is 0 Å². The molecule has 0 saturated carbocycles. The van der Waals surface area contributed by atoms with Gasteiger partial charge in [0.1, 0.15) is 0 Å². The van der Waals surface area contributed by atoms with Crippen LogP contribution in [0.4, 0.5) is 0 Å². The molecule has 1 aliphatic heterocycles. The zero-order valence-corrected chi connectivity index (χ0v) is 8.84. The van der Waals surface area contributed by atoms with Crippen molar-refractivity contribution in [3.63, 3.8) is 0 Å². The van der Waals surface area contributed by atoms with Crippen LogP contribution >= 0.6 is 11.8 Å². The molecule has 0 amide bonds. The Morgan fingerprint density at radius 2 is 1.82 bits per heavy atom. The summed E-state index contributed by atoms with van der Waals surface area (Å²) in [6.45, 7) is 7.15. The quantitative estimate of drug-likeness (QED) is 0.538. The maximum absolute atomic E-state index is 2.38. The summed E-state index contributed by atoms with van der Waals surface area (Å²) < 4.78 is 0. The van der Waals surface area contributed by atoms with Gasteiger partial charge in [0.2, 0.25) is 0 Å². The molecule has 1 heterocycles. The van der Waals surface area contributed by atoms with Crippen LogP contribution in [0.5, 0.6) is 0 Å². The van der Waals surface area contributed by atoms with E-state index in [9.17, 15) is 0 Å². The lowest BCUT2D eigenvalue weighted by molar-refractivity contribution is 0.221. The predicted molar refractivity (Wildman–Crippen MR) is 54.1 cm³/mol. The Balaban J connectivity index is 2.43. The molecule has 66 valence electrons. The molecule has 11 heavy (non-hydrogen) atoms. The standard InChI is InChI=1S/C10H20S/c1-10(2,3)9-5-4-7-11-8-6-9/h9H,4-8H2,1-3H3. The van der Waals surface area contributed by atoms with Crippen LogP contribution in [-0.2, 0) is 0 Å². The van der Waals surface area contributed by atoms with E-state index in [2.05, 4.69) is 32.5 Å². The molecule has 1 heteroatoms. The number of rotatable bonds is 0. The normalized spacial score (nSPS) is 28.1. The van der Waals surface area contributed by atoms with Crippen molar-refractivity contribution in [3.8, 4) is 0 Å². The third kappa shape index (κ3) is 3.06. The third-order valence-electron chi connectivity index (χ3n) is 2.68. The zero-order chi connectivity index (χ0) is 8.32. The van der Waals surface area contributed by atoms with Crippen molar-refractivity contribution in [1.82, 2.24) is 0 Å². The van der Waals surface area contributed by atoms with Gasteiger partial charge in [-0.05, 0) is 42.1 Å². The van der Waals surface area contributed by atoms with Crippen LogP contribution in [0.3, 0.4) is 0 Å². The molecule has 1 aliphatic rings. The van der Waals surface area contributed by atoms with Gasteiger partial charge in [0.15, 0.2) is 0 Å². The SMILES string of the molecule is CC(C)(C)C1CCCSCC1. The molecule has 1 atom stereocenters. The van der Waals surface area contributed by atoms with E-state index in [0.29, 0.717) is 5.41 Å². The van der Waals surface area contributed by atoms with E-state index >= 15 is 0 Å². The third-order valence-corrected chi connectivity index (χ3v) is 3.78.